The Morgan fingerprint density at radius 3 is 2.67 bits per heavy atom. The van der Waals surface area contributed by atoms with Crippen LogP contribution in [0.15, 0.2) is 36.5 Å². The molecule has 0 radical (unpaired) electrons. The third kappa shape index (κ3) is 3.14. The predicted molar refractivity (Wildman–Crippen MR) is 83.6 cm³/mol. The molecule has 0 aliphatic carbocycles. The zero-order chi connectivity index (χ0) is 17.3. The van der Waals surface area contributed by atoms with Crippen LogP contribution in [0.1, 0.15) is 12.0 Å². The van der Waals surface area contributed by atoms with E-state index in [9.17, 15) is 22.4 Å². The van der Waals surface area contributed by atoms with E-state index in [2.05, 4.69) is 5.10 Å². The molecule has 1 aliphatic heterocycles. The molecule has 0 N–H and O–H groups in total. The summed E-state index contributed by atoms with van der Waals surface area (Å²) in [6.07, 6.45) is 1.25. The number of anilines is 1. The van der Waals surface area contributed by atoms with E-state index in [1.165, 1.54) is 15.8 Å². The minimum Gasteiger partial charge on any atom is -0.295 e. The number of amides is 1. The molecule has 24 heavy (non-hydrogen) atoms. The van der Waals surface area contributed by atoms with E-state index >= 15 is 0 Å². The highest BCUT2D eigenvalue weighted by molar-refractivity contribution is 7.86. The van der Waals surface area contributed by atoms with Gasteiger partial charge >= 0.3 is 10.2 Å². The van der Waals surface area contributed by atoms with Gasteiger partial charge in [-0.2, -0.15) is 18.8 Å². The SMILES string of the molecule is N#Cc1cnn(-c2ccccc2)c1N1CC(CS(=O)(=O)F)CC1=O. The Kier molecular flexibility index (Phi) is 4.07. The lowest BCUT2D eigenvalue weighted by Gasteiger charge is -2.18. The first-order valence-electron chi connectivity index (χ1n) is 7.15. The Balaban J connectivity index is 1.99. The molecule has 2 aromatic rings. The number of rotatable bonds is 4. The van der Waals surface area contributed by atoms with Crippen LogP contribution in [0.4, 0.5) is 9.70 Å². The van der Waals surface area contributed by atoms with E-state index in [1.54, 1.807) is 24.3 Å². The minimum atomic E-state index is -4.67. The molecule has 0 saturated carbocycles. The van der Waals surface area contributed by atoms with Crippen LogP contribution in [0.2, 0.25) is 0 Å². The van der Waals surface area contributed by atoms with Crippen molar-refractivity contribution in [2.45, 2.75) is 6.42 Å². The maximum Gasteiger partial charge on any atom is 0.302 e. The second-order valence-electron chi connectivity index (χ2n) is 5.52. The fourth-order valence-corrected chi connectivity index (χ4v) is 3.60. The normalized spacial score (nSPS) is 17.9. The van der Waals surface area contributed by atoms with E-state index < -0.39 is 21.9 Å². The van der Waals surface area contributed by atoms with Crippen molar-refractivity contribution in [3.8, 4) is 11.8 Å². The number of hydrogen-bond donors (Lipinski definition) is 0. The Hall–Kier alpha value is -2.73. The van der Waals surface area contributed by atoms with Gasteiger partial charge in [-0.3, -0.25) is 9.69 Å². The van der Waals surface area contributed by atoms with E-state index in [-0.39, 0.29) is 30.3 Å². The van der Waals surface area contributed by atoms with Gasteiger partial charge in [0.25, 0.3) is 0 Å². The van der Waals surface area contributed by atoms with Gasteiger partial charge in [-0.25, -0.2) is 4.68 Å². The lowest BCUT2D eigenvalue weighted by Crippen LogP contribution is -2.28. The number of para-hydroxylation sites is 1. The van der Waals surface area contributed by atoms with Gasteiger partial charge in [0.1, 0.15) is 11.6 Å². The molecule has 1 saturated heterocycles. The van der Waals surface area contributed by atoms with Crippen molar-refractivity contribution in [2.24, 2.45) is 5.92 Å². The summed E-state index contributed by atoms with van der Waals surface area (Å²) in [7, 11) is -4.67. The molecular formula is C15H13FN4O3S. The average Bonchev–Trinajstić information content (AvgIpc) is 3.09. The maximum absolute atomic E-state index is 12.9. The van der Waals surface area contributed by atoms with Crippen molar-refractivity contribution in [1.82, 2.24) is 9.78 Å². The van der Waals surface area contributed by atoms with E-state index in [0.29, 0.717) is 5.69 Å². The lowest BCUT2D eigenvalue weighted by molar-refractivity contribution is -0.117. The first kappa shape index (κ1) is 16.1. The quantitative estimate of drug-likeness (QED) is 0.778. The number of nitriles is 1. The number of carbonyl (C=O) groups excluding carboxylic acids is 1. The lowest BCUT2D eigenvalue weighted by atomic mass is 10.1. The second kappa shape index (κ2) is 6.05. The predicted octanol–water partition coefficient (Wildman–Crippen LogP) is 1.40. The number of benzene rings is 1. The molecule has 7 nitrogen and oxygen atoms in total. The van der Waals surface area contributed by atoms with E-state index in [4.69, 9.17) is 0 Å². The standard InChI is InChI=1S/C15H13FN4O3S/c16-24(22,23)10-11-6-14(21)19(9-11)15-12(7-17)8-18-20(15)13-4-2-1-3-5-13/h1-5,8,11H,6,9-10H2. The Labute approximate surface area is 138 Å². The summed E-state index contributed by atoms with van der Waals surface area (Å²) in [5.41, 5.74) is 0.847. The second-order valence-corrected chi connectivity index (χ2v) is 6.93. The van der Waals surface area contributed by atoms with Crippen LogP contribution < -0.4 is 4.90 Å². The maximum atomic E-state index is 12.9. The molecule has 2 heterocycles. The zero-order valence-electron chi connectivity index (χ0n) is 12.5. The summed E-state index contributed by atoms with van der Waals surface area (Å²) in [6, 6.07) is 10.9. The van der Waals surface area contributed by atoms with Crippen LogP contribution in [0.25, 0.3) is 5.69 Å². The van der Waals surface area contributed by atoms with Crippen molar-refractivity contribution >= 4 is 21.9 Å². The Morgan fingerprint density at radius 1 is 1.33 bits per heavy atom. The van der Waals surface area contributed by atoms with Gasteiger partial charge in [0.05, 0.1) is 17.6 Å². The minimum absolute atomic E-state index is 0.0230. The number of halogens is 1. The third-order valence-corrected chi connectivity index (χ3v) is 4.63. The highest BCUT2D eigenvalue weighted by Crippen LogP contribution is 2.30. The molecular weight excluding hydrogens is 335 g/mol. The number of hydrogen-bond acceptors (Lipinski definition) is 5. The van der Waals surface area contributed by atoms with Crippen LogP contribution in [0, 0.1) is 17.2 Å². The van der Waals surface area contributed by atoms with Gasteiger partial charge in [-0.1, -0.05) is 18.2 Å². The van der Waals surface area contributed by atoms with Crippen LogP contribution in [-0.4, -0.2) is 36.4 Å². The third-order valence-electron chi connectivity index (χ3n) is 3.76. The van der Waals surface area contributed by atoms with Crippen molar-refractivity contribution in [3.05, 3.63) is 42.1 Å². The molecule has 1 aromatic carbocycles. The first-order chi connectivity index (χ1) is 11.4. The van der Waals surface area contributed by atoms with Crippen LogP contribution in [0.3, 0.4) is 0 Å². The van der Waals surface area contributed by atoms with Gasteiger partial charge in [0, 0.05) is 18.9 Å². The van der Waals surface area contributed by atoms with Crippen molar-refractivity contribution in [1.29, 1.82) is 5.26 Å². The molecule has 9 heteroatoms. The molecule has 3 rings (SSSR count). The molecule has 1 aliphatic rings. The Bertz CT molecular complexity index is 918. The largest absolute Gasteiger partial charge is 0.302 e. The van der Waals surface area contributed by atoms with Crippen molar-refractivity contribution in [3.63, 3.8) is 0 Å². The van der Waals surface area contributed by atoms with E-state index in [0.717, 1.165) is 0 Å². The smallest absolute Gasteiger partial charge is 0.295 e. The van der Waals surface area contributed by atoms with Crippen LogP contribution >= 0.6 is 0 Å². The number of carbonyl (C=O) groups is 1. The molecule has 0 spiro atoms. The summed E-state index contributed by atoms with van der Waals surface area (Å²) >= 11 is 0. The highest BCUT2D eigenvalue weighted by Gasteiger charge is 2.36. The molecule has 1 amide bonds. The van der Waals surface area contributed by atoms with Crippen LogP contribution in [-0.2, 0) is 15.0 Å². The summed E-state index contributed by atoms with van der Waals surface area (Å²) in [5, 5.41) is 13.4. The topological polar surface area (TPSA) is 96.1 Å². The Morgan fingerprint density at radius 2 is 2.04 bits per heavy atom. The number of nitrogens with zero attached hydrogens (tertiary/aromatic N) is 4. The van der Waals surface area contributed by atoms with Crippen molar-refractivity contribution < 1.29 is 17.1 Å². The highest BCUT2D eigenvalue weighted by atomic mass is 32.3. The molecule has 1 unspecified atom stereocenters. The van der Waals surface area contributed by atoms with E-state index in [1.807, 2.05) is 12.1 Å². The fourth-order valence-electron chi connectivity index (χ4n) is 2.82. The van der Waals surface area contributed by atoms with Crippen LogP contribution in [0.5, 0.6) is 0 Å². The molecule has 1 aromatic heterocycles. The summed E-state index contributed by atoms with van der Waals surface area (Å²) < 4.78 is 36.0. The van der Waals surface area contributed by atoms with Crippen molar-refractivity contribution in [2.75, 3.05) is 17.2 Å². The van der Waals surface area contributed by atoms with Gasteiger partial charge in [0.15, 0.2) is 5.82 Å². The molecule has 0 bridgehead atoms. The summed E-state index contributed by atoms with van der Waals surface area (Å²) in [6.45, 7) is 0.0230. The number of aromatic nitrogens is 2. The monoisotopic (exact) mass is 348 g/mol. The van der Waals surface area contributed by atoms with Gasteiger partial charge in [-0.05, 0) is 12.1 Å². The van der Waals surface area contributed by atoms with Gasteiger partial charge < -0.3 is 0 Å². The zero-order valence-corrected chi connectivity index (χ0v) is 13.3. The molecule has 1 atom stereocenters. The molecule has 1 fully saturated rings. The first-order valence-corrected chi connectivity index (χ1v) is 8.70. The summed E-state index contributed by atoms with van der Waals surface area (Å²) in [4.78, 5) is 13.6. The average molecular weight is 348 g/mol. The van der Waals surface area contributed by atoms with Gasteiger partial charge in [0.2, 0.25) is 5.91 Å². The van der Waals surface area contributed by atoms with Gasteiger partial charge in [-0.15, -0.1) is 3.89 Å². The molecule has 124 valence electrons. The fraction of sp³-hybridized carbons (Fsp3) is 0.267. The summed E-state index contributed by atoms with van der Waals surface area (Å²) in [5.74, 6) is -1.46.